The Kier molecular flexibility index (Phi) is 3.67. The van der Waals surface area contributed by atoms with E-state index in [-0.39, 0.29) is 0 Å². The van der Waals surface area contributed by atoms with Crippen molar-refractivity contribution in [1.82, 2.24) is 9.54 Å². The summed E-state index contributed by atoms with van der Waals surface area (Å²) in [5.41, 5.74) is 2.66. The molecule has 1 rings (SSSR count). The fourth-order valence-corrected chi connectivity index (χ4v) is 9.25. The first-order valence-corrected chi connectivity index (χ1v) is 9.47. The summed E-state index contributed by atoms with van der Waals surface area (Å²) in [4.78, 5) is 13.8. The molecule has 1 aromatic heterocycles. The first-order valence-electron chi connectivity index (χ1n) is 5.02. The van der Waals surface area contributed by atoms with E-state index in [4.69, 9.17) is 0 Å². The number of aromatic nitrogens is 1. The van der Waals surface area contributed by atoms with E-state index in [1.54, 1.807) is 4.90 Å². The van der Waals surface area contributed by atoms with E-state index in [0.717, 1.165) is 5.69 Å². The highest BCUT2D eigenvalue weighted by atomic mass is 29.0. The van der Waals surface area contributed by atoms with Gasteiger partial charge in [0.2, 0.25) is 5.53 Å². The minimum absolute atomic E-state index is 0.296. The molecule has 1 heterocycles. The molecule has 0 unspecified atom stereocenters. The molecule has 0 aromatic carbocycles. The molecule has 0 aliphatic rings. The highest BCUT2D eigenvalue weighted by Gasteiger charge is 2.19. The predicted octanol–water partition coefficient (Wildman–Crippen LogP) is 1.12. The monoisotopic (exact) mass is 238 g/mol. The van der Waals surface area contributed by atoms with Crippen LogP contribution < -0.4 is 0 Å². The molecule has 1 aromatic rings. The number of amides is 1. The first-order chi connectivity index (χ1) is 6.86. The maximum Gasteiger partial charge on any atom is 0.216 e. The Hall–Kier alpha value is -0.686. The number of hydrogen-bond donors (Lipinski definition) is 0. The van der Waals surface area contributed by atoms with Crippen molar-refractivity contribution in [2.75, 3.05) is 14.1 Å². The highest BCUT2D eigenvalue weighted by Crippen LogP contribution is 2.08. The second-order valence-electron chi connectivity index (χ2n) is 4.11. The van der Waals surface area contributed by atoms with Crippen LogP contribution in [0.25, 0.3) is 0 Å². The lowest BCUT2D eigenvalue weighted by atomic mass is 10.2. The quantitative estimate of drug-likeness (QED) is 0.687. The summed E-state index contributed by atoms with van der Waals surface area (Å²) in [5, 5.41) is 1.31. The topological polar surface area (TPSA) is 33.2 Å². The Morgan fingerprint density at radius 1 is 1.27 bits per heavy atom. The molecule has 0 bridgehead atoms. The standard InChI is InChI=1S/C10H18N2OSi2/c1-7-8(2)11-14(6)15(9(7)3)10(13)12(4)5/h1-6H3. The lowest BCUT2D eigenvalue weighted by Gasteiger charge is -2.16. The minimum atomic E-state index is -1.08. The lowest BCUT2D eigenvalue weighted by molar-refractivity contribution is 0.239. The average Bonchev–Trinajstić information content (AvgIpc) is 2.14. The average molecular weight is 238 g/mol. The fraction of sp³-hybridized carbons (Fsp3) is 0.600. The second-order valence-corrected chi connectivity index (χ2v) is 11.1. The molecule has 1 amide bonds. The second kappa shape index (κ2) is 4.44. The molecule has 3 nitrogen and oxygen atoms in total. The molecule has 15 heavy (non-hydrogen) atoms. The zero-order chi connectivity index (χ0) is 11.7. The van der Waals surface area contributed by atoms with Gasteiger partial charge in [-0.2, -0.15) is 0 Å². The molecule has 0 fully saturated rings. The van der Waals surface area contributed by atoms with Crippen LogP contribution in [0.3, 0.4) is 0 Å². The highest BCUT2D eigenvalue weighted by molar-refractivity contribution is 7.15. The smallest absolute Gasteiger partial charge is 0.216 e. The van der Waals surface area contributed by atoms with Crippen molar-refractivity contribution in [3.8, 4) is 0 Å². The van der Waals surface area contributed by atoms with Crippen molar-refractivity contribution in [1.29, 1.82) is 0 Å². The molecule has 0 aliphatic carbocycles. The summed E-state index contributed by atoms with van der Waals surface area (Å²) in [6.45, 7) is 8.39. The fourth-order valence-electron chi connectivity index (χ4n) is 1.66. The lowest BCUT2D eigenvalue weighted by Crippen LogP contribution is -2.37. The van der Waals surface area contributed by atoms with Crippen LogP contribution in [0.15, 0.2) is 0 Å². The zero-order valence-corrected chi connectivity index (χ0v) is 12.3. The van der Waals surface area contributed by atoms with Crippen LogP contribution in [0.1, 0.15) is 16.4 Å². The van der Waals surface area contributed by atoms with Crippen molar-refractivity contribution >= 4 is 21.5 Å². The number of nitrogens with zero attached hydrogens (tertiary/aromatic N) is 2. The molecule has 5 heteroatoms. The van der Waals surface area contributed by atoms with E-state index in [1.807, 2.05) is 21.0 Å². The van der Waals surface area contributed by atoms with Gasteiger partial charge >= 0.3 is 0 Å². The van der Waals surface area contributed by atoms with Gasteiger partial charge in [0, 0.05) is 19.8 Å². The number of hydrogen-bond acceptors (Lipinski definition) is 2. The Morgan fingerprint density at radius 3 is 2.27 bits per heavy atom. The van der Waals surface area contributed by atoms with Crippen LogP contribution in [0.5, 0.6) is 0 Å². The molecule has 0 atom stereocenters. The molecule has 0 N–H and O–H groups in total. The molecule has 0 spiro atoms. The van der Waals surface area contributed by atoms with Crippen LogP contribution in [0.2, 0.25) is 0 Å². The largest absolute Gasteiger partial charge is 0.350 e. The van der Waals surface area contributed by atoms with Crippen molar-refractivity contribution in [2.45, 2.75) is 20.8 Å². The van der Waals surface area contributed by atoms with E-state index < -0.39 is 16.0 Å². The third kappa shape index (κ3) is 2.28. The summed E-state index contributed by atoms with van der Waals surface area (Å²) in [5.74, 6) is 0. The summed E-state index contributed by atoms with van der Waals surface area (Å²) in [6, 6.07) is 0. The van der Waals surface area contributed by atoms with Gasteiger partial charge in [0.15, 0.2) is 7.90 Å². The molecule has 0 saturated carbocycles. The van der Waals surface area contributed by atoms with Gasteiger partial charge in [0.25, 0.3) is 0 Å². The number of rotatable bonds is 1. The Bertz CT molecular complexity index is 416. The van der Waals surface area contributed by atoms with Gasteiger partial charge in [-0.3, -0.25) is 4.79 Å². The van der Waals surface area contributed by atoms with Crippen molar-refractivity contribution < 1.29 is 4.79 Å². The molecular weight excluding hydrogens is 220 g/mol. The normalized spacial score (nSPS) is 10.3. The maximum atomic E-state index is 12.1. The number of carbonyl (C=O) groups is 1. The molecule has 82 valence electrons. The number of carbonyl (C=O) groups excluding carboxylic acids is 1. The predicted molar refractivity (Wildman–Crippen MR) is 65.8 cm³/mol. The van der Waals surface area contributed by atoms with Gasteiger partial charge < -0.3 is 9.54 Å². The van der Waals surface area contributed by atoms with Crippen molar-refractivity contribution in [2.24, 2.45) is 6.55 Å². The van der Waals surface area contributed by atoms with Gasteiger partial charge in [-0.05, 0) is 32.9 Å². The third-order valence-electron chi connectivity index (χ3n) is 2.80. The Labute approximate surface area is 94.1 Å². The Balaban J connectivity index is 3.43. The molecule has 0 aliphatic heterocycles. The summed E-state index contributed by atoms with van der Waals surface area (Å²) in [7, 11) is 1.73. The molecule has 0 radical (unpaired) electrons. The SMILES string of the molecule is Cc1n[si](C)[si](C(=O)N(C)C)c(C)c1C. The van der Waals surface area contributed by atoms with E-state index >= 15 is 0 Å². The van der Waals surface area contributed by atoms with Crippen LogP contribution in [-0.2, 0) is 6.55 Å². The van der Waals surface area contributed by atoms with Gasteiger partial charge in [-0.15, -0.1) is 0 Å². The van der Waals surface area contributed by atoms with Crippen LogP contribution in [0.4, 0.5) is 4.79 Å². The van der Waals surface area contributed by atoms with Gasteiger partial charge in [0.1, 0.15) is 8.07 Å². The van der Waals surface area contributed by atoms with Crippen molar-refractivity contribution in [3.05, 3.63) is 16.4 Å². The summed E-state index contributed by atoms with van der Waals surface area (Å²) >= 11 is 0. The van der Waals surface area contributed by atoms with Gasteiger partial charge in [-0.25, -0.2) is 0 Å². The maximum absolute atomic E-state index is 12.1. The van der Waals surface area contributed by atoms with E-state index in [2.05, 4.69) is 25.0 Å². The summed E-state index contributed by atoms with van der Waals surface area (Å²) < 4.78 is 4.66. The van der Waals surface area contributed by atoms with Crippen molar-refractivity contribution in [3.63, 3.8) is 0 Å². The summed E-state index contributed by atoms with van der Waals surface area (Å²) in [6.07, 6.45) is 0. The van der Waals surface area contributed by atoms with Gasteiger partial charge in [0.05, 0.1) is 0 Å². The van der Waals surface area contributed by atoms with Crippen LogP contribution in [-0.4, -0.2) is 45.1 Å². The molecular formula is C10H18N2OSi2. The third-order valence-corrected chi connectivity index (χ3v) is 10.5. The van der Waals surface area contributed by atoms with E-state index in [9.17, 15) is 4.79 Å². The van der Waals surface area contributed by atoms with E-state index in [0.29, 0.717) is 5.53 Å². The van der Waals surface area contributed by atoms with Crippen LogP contribution >= 0.6 is 0 Å². The zero-order valence-electron chi connectivity index (χ0n) is 10.3. The molecule has 0 saturated heterocycles. The number of aryl methyl sites for hydroxylation is 2. The van der Waals surface area contributed by atoms with Gasteiger partial charge in [-0.1, -0.05) is 5.17 Å². The van der Waals surface area contributed by atoms with E-state index in [1.165, 1.54) is 10.7 Å². The first kappa shape index (κ1) is 12.4. The minimum Gasteiger partial charge on any atom is -0.350 e. The Morgan fingerprint density at radius 2 is 1.80 bits per heavy atom. The van der Waals surface area contributed by atoms with Crippen LogP contribution in [0, 0.1) is 20.8 Å².